The van der Waals surface area contributed by atoms with Crippen LogP contribution in [-0.2, 0) is 5.41 Å². The first kappa shape index (κ1) is 13.9. The van der Waals surface area contributed by atoms with Crippen LogP contribution in [-0.4, -0.2) is 20.2 Å². The van der Waals surface area contributed by atoms with E-state index in [1.165, 1.54) is 5.56 Å². The van der Waals surface area contributed by atoms with E-state index in [1.807, 2.05) is 6.07 Å². The van der Waals surface area contributed by atoms with Crippen LogP contribution in [0.2, 0.25) is 0 Å². The lowest BCUT2D eigenvalue weighted by Gasteiger charge is -2.32. The summed E-state index contributed by atoms with van der Waals surface area (Å²) in [6.45, 7) is 6.14. The van der Waals surface area contributed by atoms with Crippen molar-refractivity contribution in [3.05, 3.63) is 29.3 Å². The summed E-state index contributed by atoms with van der Waals surface area (Å²) in [7, 11) is 1.70. The summed E-state index contributed by atoms with van der Waals surface area (Å²) >= 11 is 0. The first-order valence-electron chi connectivity index (χ1n) is 6.93. The molecule has 1 heterocycles. The lowest BCUT2D eigenvalue weighted by molar-refractivity contribution is 0.379. The number of hydrogen-bond acceptors (Lipinski definition) is 3. The smallest absolute Gasteiger partial charge is 0.122 e. The molecule has 19 heavy (non-hydrogen) atoms. The van der Waals surface area contributed by atoms with Gasteiger partial charge in [-0.2, -0.15) is 5.26 Å². The maximum atomic E-state index is 9.64. The van der Waals surface area contributed by atoms with Crippen molar-refractivity contribution in [2.24, 2.45) is 0 Å². The van der Waals surface area contributed by atoms with Gasteiger partial charge in [0.2, 0.25) is 0 Å². The Morgan fingerprint density at radius 2 is 2.00 bits per heavy atom. The van der Waals surface area contributed by atoms with Gasteiger partial charge in [-0.15, -0.1) is 0 Å². The number of hydrogen-bond donors (Lipinski definition) is 1. The lowest BCUT2D eigenvalue weighted by atomic mass is 9.73. The van der Waals surface area contributed by atoms with Gasteiger partial charge in [0.1, 0.15) is 5.75 Å². The highest BCUT2D eigenvalue weighted by Crippen LogP contribution is 2.37. The van der Waals surface area contributed by atoms with Crippen LogP contribution in [0.15, 0.2) is 18.2 Å². The van der Waals surface area contributed by atoms with Gasteiger partial charge in [0, 0.05) is 0 Å². The molecule has 1 fully saturated rings. The summed E-state index contributed by atoms with van der Waals surface area (Å²) in [5.74, 6) is 1.31. The van der Waals surface area contributed by atoms with E-state index in [0.717, 1.165) is 37.2 Å². The van der Waals surface area contributed by atoms with Crippen molar-refractivity contribution in [2.45, 2.75) is 38.0 Å². The van der Waals surface area contributed by atoms with E-state index < -0.39 is 0 Å². The first-order valence-corrected chi connectivity index (χ1v) is 6.93. The average molecular weight is 258 g/mol. The predicted molar refractivity (Wildman–Crippen MR) is 76.5 cm³/mol. The minimum atomic E-state index is -0.332. The van der Waals surface area contributed by atoms with Crippen molar-refractivity contribution < 1.29 is 4.74 Å². The Morgan fingerprint density at radius 1 is 1.32 bits per heavy atom. The Kier molecular flexibility index (Phi) is 4.11. The van der Waals surface area contributed by atoms with Crippen LogP contribution < -0.4 is 10.1 Å². The van der Waals surface area contributed by atoms with Gasteiger partial charge in [-0.3, -0.25) is 0 Å². The number of nitriles is 1. The molecule has 0 bridgehead atoms. The zero-order valence-corrected chi connectivity index (χ0v) is 12.0. The quantitative estimate of drug-likeness (QED) is 0.906. The second-order valence-corrected chi connectivity index (χ2v) is 5.56. The fourth-order valence-electron chi connectivity index (χ4n) is 2.80. The molecule has 0 radical (unpaired) electrons. The number of piperidine rings is 1. The van der Waals surface area contributed by atoms with Gasteiger partial charge in [0.25, 0.3) is 0 Å². The highest BCUT2D eigenvalue weighted by atomic mass is 16.5. The molecule has 3 heteroatoms. The van der Waals surface area contributed by atoms with Gasteiger partial charge < -0.3 is 10.1 Å². The maximum Gasteiger partial charge on any atom is 0.122 e. The molecule has 2 rings (SSSR count). The van der Waals surface area contributed by atoms with E-state index in [1.54, 1.807) is 7.11 Å². The molecule has 1 saturated heterocycles. The largest absolute Gasteiger partial charge is 0.496 e. The van der Waals surface area contributed by atoms with Crippen LogP contribution in [0.1, 0.15) is 43.7 Å². The SMILES string of the molecule is COc1ccc(C2(C#N)CCNCC2)cc1C(C)C. The molecule has 1 aliphatic rings. The van der Waals surface area contributed by atoms with Gasteiger partial charge in [-0.1, -0.05) is 26.0 Å². The molecule has 1 aromatic rings. The van der Waals surface area contributed by atoms with E-state index >= 15 is 0 Å². The molecule has 1 aromatic carbocycles. The van der Waals surface area contributed by atoms with E-state index in [9.17, 15) is 5.26 Å². The van der Waals surface area contributed by atoms with Gasteiger partial charge in [-0.25, -0.2) is 0 Å². The average Bonchev–Trinajstić information content (AvgIpc) is 2.47. The highest BCUT2D eigenvalue weighted by molar-refractivity contribution is 5.44. The van der Waals surface area contributed by atoms with Gasteiger partial charge in [0.15, 0.2) is 0 Å². The Morgan fingerprint density at radius 3 is 2.53 bits per heavy atom. The second kappa shape index (κ2) is 5.63. The first-order chi connectivity index (χ1) is 9.13. The van der Waals surface area contributed by atoms with Crippen molar-refractivity contribution in [2.75, 3.05) is 20.2 Å². The zero-order chi connectivity index (χ0) is 13.9. The number of nitrogens with one attached hydrogen (secondary N) is 1. The molecule has 0 aliphatic carbocycles. The molecular weight excluding hydrogens is 236 g/mol. The van der Waals surface area contributed by atoms with Crippen molar-refractivity contribution in [3.63, 3.8) is 0 Å². The zero-order valence-electron chi connectivity index (χ0n) is 12.0. The van der Waals surface area contributed by atoms with Gasteiger partial charge >= 0.3 is 0 Å². The van der Waals surface area contributed by atoms with Crippen molar-refractivity contribution in [3.8, 4) is 11.8 Å². The highest BCUT2D eigenvalue weighted by Gasteiger charge is 2.34. The van der Waals surface area contributed by atoms with E-state index in [0.29, 0.717) is 5.92 Å². The summed E-state index contributed by atoms with van der Waals surface area (Å²) in [6.07, 6.45) is 1.76. The molecule has 1 N–H and O–H groups in total. The number of rotatable bonds is 3. The molecule has 0 atom stereocenters. The molecule has 0 amide bonds. The van der Waals surface area contributed by atoms with Crippen LogP contribution in [0.4, 0.5) is 0 Å². The standard InChI is InChI=1S/C16H22N2O/c1-12(2)14-10-13(4-5-15(14)19-3)16(11-17)6-8-18-9-7-16/h4-5,10,12,18H,6-9H2,1-3H3. The molecule has 0 unspecified atom stereocenters. The summed E-state index contributed by atoms with van der Waals surface area (Å²) in [4.78, 5) is 0. The van der Waals surface area contributed by atoms with E-state index in [-0.39, 0.29) is 5.41 Å². The van der Waals surface area contributed by atoms with Gasteiger partial charge in [0.05, 0.1) is 18.6 Å². The third kappa shape index (κ3) is 2.59. The third-order valence-corrected chi connectivity index (χ3v) is 4.08. The molecule has 0 aromatic heterocycles. The predicted octanol–water partition coefficient (Wildman–Crippen LogP) is 2.96. The summed E-state index contributed by atoms with van der Waals surface area (Å²) in [5, 5.41) is 13.0. The Hall–Kier alpha value is -1.53. The Bertz CT molecular complexity index is 482. The van der Waals surface area contributed by atoms with Crippen LogP contribution >= 0.6 is 0 Å². The number of ether oxygens (including phenoxy) is 1. The minimum Gasteiger partial charge on any atom is -0.496 e. The van der Waals surface area contributed by atoms with Gasteiger partial charge in [-0.05, 0) is 49.0 Å². The fraction of sp³-hybridized carbons (Fsp3) is 0.562. The number of methoxy groups -OCH3 is 1. The Labute approximate surface area is 115 Å². The molecule has 0 spiro atoms. The summed E-state index contributed by atoms with van der Waals surface area (Å²) in [6, 6.07) is 8.78. The topological polar surface area (TPSA) is 45.0 Å². The molecule has 3 nitrogen and oxygen atoms in total. The van der Waals surface area contributed by atoms with Crippen LogP contribution in [0, 0.1) is 11.3 Å². The number of nitrogens with zero attached hydrogens (tertiary/aromatic N) is 1. The van der Waals surface area contributed by atoms with Crippen LogP contribution in [0.3, 0.4) is 0 Å². The van der Waals surface area contributed by atoms with Crippen molar-refractivity contribution in [1.82, 2.24) is 5.32 Å². The monoisotopic (exact) mass is 258 g/mol. The second-order valence-electron chi connectivity index (χ2n) is 5.56. The summed E-state index contributed by atoms with van der Waals surface area (Å²) in [5.41, 5.74) is 2.00. The minimum absolute atomic E-state index is 0.332. The third-order valence-electron chi connectivity index (χ3n) is 4.08. The van der Waals surface area contributed by atoms with E-state index in [2.05, 4.69) is 37.4 Å². The van der Waals surface area contributed by atoms with Crippen molar-refractivity contribution in [1.29, 1.82) is 5.26 Å². The summed E-state index contributed by atoms with van der Waals surface area (Å²) < 4.78 is 5.42. The fourth-order valence-corrected chi connectivity index (χ4v) is 2.80. The van der Waals surface area contributed by atoms with Crippen LogP contribution in [0.5, 0.6) is 5.75 Å². The normalized spacial score (nSPS) is 18.1. The maximum absolute atomic E-state index is 9.64. The molecular formula is C16H22N2O. The van der Waals surface area contributed by atoms with E-state index in [4.69, 9.17) is 4.74 Å². The molecule has 1 aliphatic heterocycles. The Balaban J connectivity index is 2.44. The van der Waals surface area contributed by atoms with Crippen LogP contribution in [0.25, 0.3) is 0 Å². The molecule has 0 saturated carbocycles. The van der Waals surface area contributed by atoms with Crippen molar-refractivity contribution >= 4 is 0 Å². The molecule has 102 valence electrons. The number of benzene rings is 1. The lowest BCUT2D eigenvalue weighted by Crippen LogP contribution is -2.38.